The number of likely N-dealkylation sites (tertiary alicyclic amines) is 5. The highest BCUT2D eigenvalue weighted by atomic mass is 35.5. The molecular weight excluding hydrogens is 1390 g/mol. The van der Waals surface area contributed by atoms with Crippen molar-refractivity contribution in [2.75, 3.05) is 103 Å². The minimum absolute atomic E-state index is 0.00872. The Balaban J connectivity index is 0.00000123. The Labute approximate surface area is 620 Å². The van der Waals surface area contributed by atoms with Crippen molar-refractivity contribution >= 4 is 106 Å². The van der Waals surface area contributed by atoms with Crippen molar-refractivity contribution in [3.8, 4) is 0 Å². The summed E-state index contributed by atoms with van der Waals surface area (Å²) in [7, 11) is 3.47. The van der Waals surface area contributed by atoms with Gasteiger partial charge in [-0.1, -0.05) is 88.4 Å². The zero-order chi connectivity index (χ0) is 77.4. The van der Waals surface area contributed by atoms with E-state index in [1.54, 1.807) is 75.2 Å². The van der Waals surface area contributed by atoms with E-state index >= 15 is 0 Å². The van der Waals surface area contributed by atoms with Gasteiger partial charge in [-0.25, -0.2) is 19.2 Å². The van der Waals surface area contributed by atoms with Crippen LogP contribution in [0.3, 0.4) is 0 Å². The number of carboxylic acid groups (broad SMARTS) is 2. The molecule has 0 unspecified atom stereocenters. The van der Waals surface area contributed by atoms with Gasteiger partial charge in [0.05, 0.1) is 46.2 Å². The molecule has 0 saturated carbocycles. The molecule has 29 heteroatoms. The molecule has 6 aliphatic heterocycles. The third-order valence-electron chi connectivity index (χ3n) is 14.9. The number of hydrogen-bond donors (Lipinski definition) is 3. The number of carbonyl (C=O) groups excluding carboxylic acids is 8. The average Bonchev–Trinajstić information content (AvgIpc) is 1.70. The number of ether oxygens (including phenoxy) is 6. The van der Waals surface area contributed by atoms with Gasteiger partial charge in [0.1, 0.15) is 35.6 Å². The predicted molar refractivity (Wildman–Crippen MR) is 392 cm³/mol. The van der Waals surface area contributed by atoms with Gasteiger partial charge in [-0.2, -0.15) is 0 Å². The van der Waals surface area contributed by atoms with Crippen molar-refractivity contribution < 1.29 is 86.6 Å². The zero-order valence-electron chi connectivity index (χ0n) is 62.9. The molecule has 0 bridgehead atoms. The first-order valence-electron chi connectivity index (χ1n) is 34.4. The number of amides is 6. The van der Waals surface area contributed by atoms with Crippen LogP contribution in [-0.4, -0.2) is 225 Å². The summed E-state index contributed by atoms with van der Waals surface area (Å²) >= 11 is 19.1. The molecule has 6 aliphatic rings. The van der Waals surface area contributed by atoms with Crippen LogP contribution in [0.4, 0.5) is 19.2 Å². The Bertz CT molecular complexity index is 2740. The maximum atomic E-state index is 12.8. The number of esters is 2. The summed E-state index contributed by atoms with van der Waals surface area (Å²) in [6, 6.07) is 19.3. The van der Waals surface area contributed by atoms with Crippen LogP contribution in [0, 0.1) is 35.5 Å². The van der Waals surface area contributed by atoms with E-state index in [-0.39, 0.29) is 90.0 Å². The standard InChI is InChI=1S/C22H30N2O5.C12H22N2O3.C12H15NO2.2C10H17NO4.2C2H6.2CH2Cl2/c1-22(2,3)29-21(27)24-12-9-17(13-24)19(25)23-11-10-18(14-23)20(26)28-15-16-7-5-4-6-8-16;1-12(2,3)17-11(16)14-7-6-9(8-14)10(15)13(4)5;14-12(11-6-7-13-8-11)15-9-10-4-2-1-3-5-10;2*1-10(2,3)15-9(14)11-5-4-7(6-11)8(12)13;2*1-2;2*2-1-3/h4-8,17-18H,9-15H2,1-3H3;9H,6-8H2,1-5H3;1-5,11,13H,6-9H2;2*7H,4-6H2,1-3H3,(H,12,13);2*1-2H3;2*1H2/t17-,18-;9-;11-;2*7-;;;;/m00000..../s1. The van der Waals surface area contributed by atoms with Crippen molar-refractivity contribution in [2.24, 2.45) is 35.5 Å². The Hall–Kier alpha value is -6.54. The summed E-state index contributed by atoms with van der Waals surface area (Å²) in [6.45, 7) is 36.3. The normalized spacial score (nSPS) is 19.6. The number of nitrogens with zero attached hydrogens (tertiary/aromatic N) is 6. The van der Waals surface area contributed by atoms with Crippen LogP contribution < -0.4 is 5.32 Å². The Morgan fingerprint density at radius 2 is 0.703 bits per heavy atom. The summed E-state index contributed by atoms with van der Waals surface area (Å²) in [5, 5.41) is 21.1. The minimum atomic E-state index is -0.846. The van der Waals surface area contributed by atoms with Crippen LogP contribution in [0.2, 0.25) is 0 Å². The molecule has 8 rings (SSSR count). The van der Waals surface area contributed by atoms with Crippen molar-refractivity contribution in [3.05, 3.63) is 71.8 Å². The smallest absolute Gasteiger partial charge is 0.410 e. The zero-order valence-corrected chi connectivity index (χ0v) is 65.9. The lowest BCUT2D eigenvalue weighted by Crippen LogP contribution is -2.39. The first-order chi connectivity index (χ1) is 47.2. The highest BCUT2D eigenvalue weighted by Gasteiger charge is 2.41. The van der Waals surface area contributed by atoms with E-state index in [1.165, 1.54) is 9.80 Å². The largest absolute Gasteiger partial charge is 0.481 e. The quantitative estimate of drug-likeness (QED) is 0.113. The van der Waals surface area contributed by atoms with Crippen LogP contribution in [0.5, 0.6) is 0 Å². The van der Waals surface area contributed by atoms with Gasteiger partial charge >= 0.3 is 48.3 Å². The highest BCUT2D eigenvalue weighted by molar-refractivity contribution is 6.41. The molecule has 2 aromatic carbocycles. The molecule has 2 aromatic rings. The first kappa shape index (κ1) is 94.5. The van der Waals surface area contributed by atoms with Crippen molar-refractivity contribution in [3.63, 3.8) is 0 Å². The van der Waals surface area contributed by atoms with Gasteiger partial charge in [0.15, 0.2) is 0 Å². The molecule has 0 aromatic heterocycles. The van der Waals surface area contributed by atoms with Gasteiger partial charge in [-0.3, -0.25) is 28.8 Å². The summed E-state index contributed by atoms with van der Waals surface area (Å²) < 4.78 is 31.6. The molecule has 3 N–H and O–H groups in total. The topological polar surface area (TPSA) is 298 Å². The highest BCUT2D eigenvalue weighted by Crippen LogP contribution is 2.27. The maximum absolute atomic E-state index is 12.8. The number of rotatable bonds is 10. The minimum Gasteiger partial charge on any atom is -0.481 e. The lowest BCUT2D eigenvalue weighted by molar-refractivity contribution is -0.150. The van der Waals surface area contributed by atoms with E-state index in [4.69, 9.17) is 85.0 Å². The first-order valence-corrected chi connectivity index (χ1v) is 36.6. The molecule has 25 nitrogen and oxygen atoms in total. The van der Waals surface area contributed by atoms with Crippen LogP contribution in [0.25, 0.3) is 0 Å². The Morgan fingerprint density at radius 3 is 1.00 bits per heavy atom. The fourth-order valence-corrected chi connectivity index (χ4v) is 10.1. The molecule has 0 radical (unpaired) electrons. The number of halogens is 4. The Morgan fingerprint density at radius 1 is 0.426 bits per heavy atom. The third kappa shape index (κ3) is 40.2. The average molecular weight is 1510 g/mol. The van der Waals surface area contributed by atoms with E-state index in [2.05, 4.69) is 5.32 Å². The number of carboxylic acids is 2. The van der Waals surface area contributed by atoms with E-state index in [0.717, 1.165) is 37.1 Å². The molecule has 6 heterocycles. The van der Waals surface area contributed by atoms with E-state index in [1.807, 2.05) is 130 Å². The Kier molecular flexibility index (Phi) is 45.3. The molecule has 0 aliphatic carbocycles. The van der Waals surface area contributed by atoms with Gasteiger partial charge in [-0.05, 0) is 139 Å². The van der Waals surface area contributed by atoms with Crippen LogP contribution >= 0.6 is 46.4 Å². The van der Waals surface area contributed by atoms with Gasteiger partial charge in [0.2, 0.25) is 11.8 Å². The second-order valence-corrected chi connectivity index (χ2v) is 29.5. The second kappa shape index (κ2) is 48.4. The molecular formula is C72H117Cl4N7O18. The number of aliphatic carboxylic acids is 2. The van der Waals surface area contributed by atoms with Crippen LogP contribution in [0.15, 0.2) is 60.7 Å². The van der Waals surface area contributed by atoms with Crippen molar-refractivity contribution in [1.82, 2.24) is 34.7 Å². The summed E-state index contributed by atoms with van der Waals surface area (Å²) in [6.07, 6.45) is 2.31. The fraction of sp³-hybridized carbons (Fsp3) is 0.694. The molecule has 6 amide bonds. The van der Waals surface area contributed by atoms with Crippen molar-refractivity contribution in [2.45, 2.75) is 185 Å². The van der Waals surface area contributed by atoms with Gasteiger partial charge < -0.3 is 73.4 Å². The van der Waals surface area contributed by atoms with E-state index in [0.29, 0.717) is 84.6 Å². The number of alkyl halides is 4. The SMILES string of the molecule is CC.CC.CC(C)(C)OC(=O)N1CC[C@H](C(=O)N2CC[C@H](C(=O)OCc3ccccc3)C2)C1.CC(C)(C)OC(=O)N1CC[C@H](C(=O)O)C1.CC(C)(C)OC(=O)N1CC[C@H](C(=O)O)C1.CN(C)C(=O)[C@H]1CCN(C(=O)OC(C)(C)C)C1.ClCCl.ClCCl.O=C(OCc1ccccc1)[C@H]1CCNC1. The predicted octanol–water partition coefficient (Wildman–Crippen LogP) is 13.1. The fourth-order valence-electron chi connectivity index (χ4n) is 10.1. The van der Waals surface area contributed by atoms with Gasteiger partial charge in [0.25, 0.3) is 0 Å². The number of hydrogen-bond acceptors (Lipinski definition) is 17. The summed E-state index contributed by atoms with van der Waals surface area (Å²) in [4.78, 5) is 126. The molecule has 101 heavy (non-hydrogen) atoms. The summed E-state index contributed by atoms with van der Waals surface area (Å²) in [5.74, 6) is -3.39. The van der Waals surface area contributed by atoms with Gasteiger partial charge in [0, 0.05) is 86.1 Å². The van der Waals surface area contributed by atoms with E-state index < -0.39 is 58.4 Å². The number of carbonyl (C=O) groups is 10. The van der Waals surface area contributed by atoms with Crippen molar-refractivity contribution in [1.29, 1.82) is 0 Å². The maximum Gasteiger partial charge on any atom is 0.410 e. The lowest BCUT2D eigenvalue weighted by Gasteiger charge is -2.25. The van der Waals surface area contributed by atoms with Crippen LogP contribution in [-0.2, 0) is 70.4 Å². The van der Waals surface area contributed by atoms with E-state index in [9.17, 15) is 47.9 Å². The number of benzene rings is 2. The second-order valence-electron chi connectivity index (χ2n) is 27.9. The molecule has 6 fully saturated rings. The monoisotopic (exact) mass is 1510 g/mol. The molecule has 6 saturated heterocycles. The summed E-state index contributed by atoms with van der Waals surface area (Å²) in [5.41, 5.74) is -0.115. The molecule has 6 atom stereocenters. The van der Waals surface area contributed by atoms with Gasteiger partial charge in [-0.15, -0.1) is 46.4 Å². The number of nitrogens with one attached hydrogen (secondary N) is 1. The molecule has 576 valence electrons. The molecule has 0 spiro atoms. The lowest BCUT2D eigenvalue weighted by atomic mass is 10.1. The van der Waals surface area contributed by atoms with Crippen LogP contribution in [0.1, 0.15) is 160 Å². The third-order valence-corrected chi connectivity index (χ3v) is 14.9.